The fraction of sp³-hybridized carbons (Fsp3) is 0.388. The summed E-state index contributed by atoms with van der Waals surface area (Å²) < 4.78 is 21.1. The van der Waals surface area contributed by atoms with E-state index in [2.05, 4.69) is 158 Å². The van der Waals surface area contributed by atoms with Crippen LogP contribution in [0.2, 0.25) is 0 Å². The van der Waals surface area contributed by atoms with Gasteiger partial charge in [0.05, 0.1) is 0 Å². The summed E-state index contributed by atoms with van der Waals surface area (Å²) in [6, 6.07) is 34.9. The van der Waals surface area contributed by atoms with Crippen molar-refractivity contribution < 1.29 is 13.8 Å². The summed E-state index contributed by atoms with van der Waals surface area (Å²) in [5, 5.41) is 1.92. The SMILES string of the molecule is C=C/C=C\C/C(CCCC)=C(\Cc1cc(CCCC)ccc1OPC(C)(CC)Oc1cc(C)cc(C(C)CC)c1)OP(c1ccccc1)c1ccccc1. The van der Waals surface area contributed by atoms with Gasteiger partial charge < -0.3 is 13.8 Å². The number of hydrogen-bond donors (Lipinski definition) is 0. The Bertz CT molecular complexity index is 1740. The lowest BCUT2D eigenvalue weighted by molar-refractivity contribution is 0.170. The van der Waals surface area contributed by atoms with Crippen molar-refractivity contribution in [3.8, 4) is 11.5 Å². The standard InChI is InChI=1S/C49H64O3P2/c1-9-14-19-26-41(25-16-11-3)48(52-54(45-27-20-17-21-28-45)46-29-22-18-23-30-46)37-43-35-40(24-15-10-2)31-32-47(43)51-53-49(8,13-5)50-44-34-38(6)33-42(36-44)39(7)12-4/h9,14,17-23,27-36,39,53H,1,10-13,15-16,24-26,37H2,2-8H3/b19-14-,48-41+. The van der Waals surface area contributed by atoms with Crippen LogP contribution >= 0.6 is 17.0 Å². The van der Waals surface area contributed by atoms with Crippen molar-refractivity contribution in [1.82, 2.24) is 0 Å². The number of rotatable bonds is 23. The Labute approximate surface area is 331 Å². The first-order valence-corrected chi connectivity index (χ1v) is 22.3. The summed E-state index contributed by atoms with van der Waals surface area (Å²) >= 11 is 0. The van der Waals surface area contributed by atoms with Crippen molar-refractivity contribution in [2.45, 2.75) is 124 Å². The van der Waals surface area contributed by atoms with Crippen LogP contribution in [0, 0.1) is 6.92 Å². The van der Waals surface area contributed by atoms with E-state index < -0.39 is 13.5 Å². The number of unbranched alkanes of at least 4 members (excludes halogenated alkanes) is 2. The molecule has 0 aliphatic rings. The van der Waals surface area contributed by atoms with Crippen LogP contribution in [0.15, 0.2) is 133 Å². The molecule has 4 aromatic rings. The van der Waals surface area contributed by atoms with Crippen molar-refractivity contribution >= 4 is 27.6 Å². The molecule has 0 aromatic heterocycles. The van der Waals surface area contributed by atoms with E-state index in [4.69, 9.17) is 13.8 Å². The van der Waals surface area contributed by atoms with Gasteiger partial charge in [-0.3, -0.25) is 0 Å². The van der Waals surface area contributed by atoms with Crippen molar-refractivity contribution in [3.05, 3.63) is 155 Å². The molecular weight excluding hydrogens is 698 g/mol. The average Bonchev–Trinajstić information content (AvgIpc) is 3.19. The van der Waals surface area contributed by atoms with Crippen LogP contribution in [0.5, 0.6) is 11.5 Å². The van der Waals surface area contributed by atoms with Crippen LogP contribution in [-0.2, 0) is 17.4 Å². The van der Waals surface area contributed by atoms with Crippen molar-refractivity contribution in [2.24, 2.45) is 0 Å². The highest BCUT2D eigenvalue weighted by molar-refractivity contribution is 7.68. The molecule has 54 heavy (non-hydrogen) atoms. The van der Waals surface area contributed by atoms with Gasteiger partial charge in [0.15, 0.2) is 5.34 Å². The predicted molar refractivity (Wildman–Crippen MR) is 238 cm³/mol. The van der Waals surface area contributed by atoms with Gasteiger partial charge in [0.2, 0.25) is 0 Å². The second-order valence-corrected chi connectivity index (χ2v) is 17.8. The summed E-state index contributed by atoms with van der Waals surface area (Å²) in [7, 11) is -1.00. The molecule has 0 fully saturated rings. The second-order valence-electron chi connectivity index (χ2n) is 14.6. The van der Waals surface area contributed by atoms with Gasteiger partial charge in [0, 0.05) is 22.6 Å². The van der Waals surface area contributed by atoms with E-state index in [-0.39, 0.29) is 8.81 Å². The molecule has 0 heterocycles. The molecule has 4 rings (SSSR count). The zero-order valence-corrected chi connectivity index (χ0v) is 35.9. The normalized spacial score (nSPS) is 13.9. The van der Waals surface area contributed by atoms with E-state index in [1.807, 2.05) is 12.2 Å². The molecule has 288 valence electrons. The molecule has 5 heteroatoms. The van der Waals surface area contributed by atoms with Gasteiger partial charge in [-0.25, -0.2) is 0 Å². The fourth-order valence-corrected chi connectivity index (χ4v) is 8.93. The first-order chi connectivity index (χ1) is 26.2. The second kappa shape index (κ2) is 22.7. The predicted octanol–water partition coefficient (Wildman–Crippen LogP) is 14.2. The molecule has 0 aliphatic heterocycles. The Morgan fingerprint density at radius 2 is 1.56 bits per heavy atom. The monoisotopic (exact) mass is 762 g/mol. The maximum atomic E-state index is 7.40. The number of hydrogen-bond acceptors (Lipinski definition) is 3. The minimum Gasteiger partial charge on any atom is -0.480 e. The Balaban J connectivity index is 1.76. The molecule has 0 radical (unpaired) electrons. The van der Waals surface area contributed by atoms with Gasteiger partial charge >= 0.3 is 0 Å². The van der Waals surface area contributed by atoms with E-state index in [0.717, 1.165) is 80.6 Å². The number of benzene rings is 4. The summed E-state index contributed by atoms with van der Waals surface area (Å²) in [6.45, 7) is 19.5. The minimum atomic E-state index is -1.11. The Morgan fingerprint density at radius 1 is 0.870 bits per heavy atom. The molecule has 0 bridgehead atoms. The van der Waals surface area contributed by atoms with Gasteiger partial charge in [-0.2, -0.15) is 0 Å². The lowest BCUT2D eigenvalue weighted by Gasteiger charge is -2.30. The third kappa shape index (κ3) is 13.3. The molecule has 0 saturated carbocycles. The highest BCUT2D eigenvalue weighted by Crippen LogP contribution is 2.44. The topological polar surface area (TPSA) is 27.7 Å². The maximum absolute atomic E-state index is 7.40. The highest BCUT2D eigenvalue weighted by atomic mass is 31.1. The Kier molecular flexibility index (Phi) is 18.1. The third-order valence-electron chi connectivity index (χ3n) is 9.99. The van der Waals surface area contributed by atoms with E-state index in [1.54, 1.807) is 0 Å². The van der Waals surface area contributed by atoms with Crippen LogP contribution in [0.4, 0.5) is 0 Å². The number of aryl methyl sites for hydroxylation is 2. The van der Waals surface area contributed by atoms with E-state index >= 15 is 0 Å². The molecule has 0 aliphatic carbocycles. The average molecular weight is 763 g/mol. The molecule has 4 aromatic carbocycles. The zero-order valence-electron chi connectivity index (χ0n) is 34.0. The van der Waals surface area contributed by atoms with Crippen LogP contribution < -0.4 is 19.9 Å². The summed E-state index contributed by atoms with van der Waals surface area (Å²) in [6.07, 6.45) is 16.1. The van der Waals surface area contributed by atoms with Gasteiger partial charge in [-0.1, -0.05) is 151 Å². The van der Waals surface area contributed by atoms with Gasteiger partial charge in [-0.05, 0) is 105 Å². The number of allylic oxidation sites excluding steroid dienone is 5. The van der Waals surface area contributed by atoms with E-state index in [0.29, 0.717) is 12.3 Å². The molecular formula is C49H64O3P2. The van der Waals surface area contributed by atoms with Crippen molar-refractivity contribution in [3.63, 3.8) is 0 Å². The Hall–Kier alpha value is -3.64. The van der Waals surface area contributed by atoms with E-state index in [9.17, 15) is 0 Å². The number of ether oxygens (including phenoxy) is 1. The lowest BCUT2D eigenvalue weighted by atomic mass is 9.97. The van der Waals surface area contributed by atoms with Gasteiger partial charge in [0.25, 0.3) is 0 Å². The van der Waals surface area contributed by atoms with Gasteiger partial charge in [-0.15, -0.1) is 0 Å². The summed E-state index contributed by atoms with van der Waals surface area (Å²) in [5.41, 5.74) is 6.38. The van der Waals surface area contributed by atoms with Crippen LogP contribution in [0.3, 0.4) is 0 Å². The first-order valence-electron chi connectivity index (χ1n) is 20.1. The molecule has 0 spiro atoms. The maximum Gasteiger partial charge on any atom is 0.157 e. The first kappa shape index (κ1) is 43.1. The quantitative estimate of drug-likeness (QED) is 0.0428. The van der Waals surface area contributed by atoms with Crippen LogP contribution in [0.1, 0.15) is 121 Å². The summed E-state index contributed by atoms with van der Waals surface area (Å²) in [5.74, 6) is 3.35. The van der Waals surface area contributed by atoms with Crippen molar-refractivity contribution in [1.29, 1.82) is 0 Å². The van der Waals surface area contributed by atoms with E-state index in [1.165, 1.54) is 32.9 Å². The Morgan fingerprint density at radius 3 is 2.17 bits per heavy atom. The van der Waals surface area contributed by atoms with Gasteiger partial charge in [0.1, 0.15) is 34.2 Å². The molecule has 3 nitrogen and oxygen atoms in total. The third-order valence-corrected chi connectivity index (χ3v) is 13.1. The fourth-order valence-electron chi connectivity index (χ4n) is 6.29. The van der Waals surface area contributed by atoms with Crippen LogP contribution in [0.25, 0.3) is 0 Å². The molecule has 0 amide bonds. The largest absolute Gasteiger partial charge is 0.480 e. The molecule has 3 atom stereocenters. The smallest absolute Gasteiger partial charge is 0.157 e. The molecule has 0 saturated heterocycles. The lowest BCUT2D eigenvalue weighted by Crippen LogP contribution is -2.27. The molecule has 0 N–H and O–H groups in total. The zero-order chi connectivity index (χ0) is 38.8. The summed E-state index contributed by atoms with van der Waals surface area (Å²) in [4.78, 5) is 0. The minimum absolute atomic E-state index is 0.107. The van der Waals surface area contributed by atoms with Crippen LogP contribution in [-0.4, -0.2) is 5.34 Å². The van der Waals surface area contributed by atoms with Crippen molar-refractivity contribution in [2.75, 3.05) is 0 Å². The molecule has 3 unspecified atom stereocenters. The highest BCUT2D eigenvalue weighted by Gasteiger charge is 2.28.